The Labute approximate surface area is 162 Å². The number of nitrogens with zero attached hydrogens (tertiary/aromatic N) is 2. The summed E-state index contributed by atoms with van der Waals surface area (Å²) in [6.45, 7) is 1.62. The van der Waals surface area contributed by atoms with Gasteiger partial charge in [0, 0.05) is 18.2 Å². The number of nitro groups is 1. The Balaban J connectivity index is 1.69. The van der Waals surface area contributed by atoms with E-state index in [1.807, 2.05) is 0 Å². The first-order valence-corrected chi connectivity index (χ1v) is 10.5. The number of non-ortho nitro benzene ring substituents is 1. The Morgan fingerprint density at radius 2 is 2.00 bits per heavy atom. The van der Waals surface area contributed by atoms with E-state index in [9.17, 15) is 23.3 Å². The van der Waals surface area contributed by atoms with Gasteiger partial charge >= 0.3 is 0 Å². The quantitative estimate of drug-likeness (QED) is 0.508. The second-order valence-electron chi connectivity index (χ2n) is 6.63. The van der Waals surface area contributed by atoms with E-state index in [0.29, 0.717) is 23.7 Å². The molecule has 150 valence electrons. The molecule has 1 aliphatic heterocycles. The van der Waals surface area contributed by atoms with Crippen molar-refractivity contribution in [1.82, 2.24) is 4.90 Å². The summed E-state index contributed by atoms with van der Waals surface area (Å²) in [4.78, 5) is 24.4. The molecule has 0 unspecified atom stereocenters. The zero-order valence-electron chi connectivity index (χ0n) is 15.2. The lowest BCUT2D eigenvalue weighted by molar-refractivity contribution is -0.384. The first kappa shape index (κ1) is 19.9. The van der Waals surface area contributed by atoms with E-state index in [0.717, 1.165) is 0 Å². The monoisotopic (exact) mass is 408 g/mol. The standard InChI is InChI=1S/C18H20N2O7S/c1-13-2-5-17(27-13)10-19(15-8-9-28(24,25)12-15)18(21)11-26-16-6-3-14(4-7-16)20(22)23/h2-7,15H,8-12H2,1H3/t15-/m0/s1. The van der Waals surface area contributed by atoms with Gasteiger partial charge in [0.1, 0.15) is 17.3 Å². The number of ether oxygens (including phenoxy) is 1. The van der Waals surface area contributed by atoms with Crippen molar-refractivity contribution in [2.24, 2.45) is 0 Å². The Morgan fingerprint density at radius 1 is 1.29 bits per heavy atom. The van der Waals surface area contributed by atoms with Gasteiger partial charge in [0.2, 0.25) is 0 Å². The lowest BCUT2D eigenvalue weighted by Crippen LogP contribution is -2.43. The van der Waals surface area contributed by atoms with Crippen molar-refractivity contribution < 1.29 is 27.3 Å². The maximum Gasteiger partial charge on any atom is 0.269 e. The summed E-state index contributed by atoms with van der Waals surface area (Å²) in [5, 5.41) is 10.7. The summed E-state index contributed by atoms with van der Waals surface area (Å²) < 4.78 is 34.7. The molecule has 0 aliphatic carbocycles. The third-order valence-electron chi connectivity index (χ3n) is 4.50. The van der Waals surface area contributed by atoms with Crippen LogP contribution in [0.5, 0.6) is 5.75 Å². The molecule has 0 N–H and O–H groups in total. The van der Waals surface area contributed by atoms with E-state index in [2.05, 4.69) is 0 Å². The number of sulfone groups is 1. The van der Waals surface area contributed by atoms with Crippen molar-refractivity contribution in [3.63, 3.8) is 0 Å². The SMILES string of the molecule is Cc1ccc(CN(C(=O)COc2ccc([N+](=O)[O-])cc2)[C@H]2CCS(=O)(=O)C2)o1. The largest absolute Gasteiger partial charge is 0.484 e. The van der Waals surface area contributed by atoms with Crippen molar-refractivity contribution in [2.75, 3.05) is 18.1 Å². The van der Waals surface area contributed by atoms with E-state index in [4.69, 9.17) is 9.15 Å². The smallest absolute Gasteiger partial charge is 0.269 e. The summed E-state index contributed by atoms with van der Waals surface area (Å²) in [6.07, 6.45) is 0.366. The molecule has 10 heteroatoms. The first-order chi connectivity index (χ1) is 13.2. The number of hydrogen-bond donors (Lipinski definition) is 0. The van der Waals surface area contributed by atoms with Gasteiger partial charge in [0.05, 0.1) is 23.0 Å². The third-order valence-corrected chi connectivity index (χ3v) is 6.25. The molecule has 1 aromatic carbocycles. The zero-order valence-corrected chi connectivity index (χ0v) is 16.1. The molecule has 1 aromatic heterocycles. The molecule has 1 saturated heterocycles. The van der Waals surface area contributed by atoms with Gasteiger partial charge < -0.3 is 14.1 Å². The van der Waals surface area contributed by atoms with Crippen molar-refractivity contribution in [1.29, 1.82) is 0 Å². The van der Waals surface area contributed by atoms with Gasteiger partial charge in [-0.2, -0.15) is 0 Å². The van der Waals surface area contributed by atoms with E-state index in [-0.39, 0.29) is 36.3 Å². The highest BCUT2D eigenvalue weighted by atomic mass is 32.2. The van der Waals surface area contributed by atoms with Gasteiger partial charge in [-0.05, 0) is 37.6 Å². The summed E-state index contributed by atoms with van der Waals surface area (Å²) in [5.74, 6) is 1.15. The fourth-order valence-corrected chi connectivity index (χ4v) is 4.80. The summed E-state index contributed by atoms with van der Waals surface area (Å²) >= 11 is 0. The first-order valence-electron chi connectivity index (χ1n) is 8.66. The number of furan rings is 1. The molecule has 0 bridgehead atoms. The Kier molecular flexibility index (Phi) is 5.68. The van der Waals surface area contributed by atoms with Gasteiger partial charge in [-0.1, -0.05) is 0 Å². The van der Waals surface area contributed by atoms with Gasteiger partial charge in [0.15, 0.2) is 16.4 Å². The van der Waals surface area contributed by atoms with Crippen molar-refractivity contribution in [3.05, 3.63) is 58.0 Å². The molecular formula is C18H20N2O7S. The summed E-state index contributed by atoms with van der Waals surface area (Å²) in [6, 6.07) is 8.47. The van der Waals surface area contributed by atoms with Crippen LogP contribution in [0.4, 0.5) is 5.69 Å². The van der Waals surface area contributed by atoms with Crippen molar-refractivity contribution in [3.8, 4) is 5.75 Å². The van der Waals surface area contributed by atoms with Crippen molar-refractivity contribution >= 4 is 21.4 Å². The molecule has 0 radical (unpaired) electrons. The van der Waals surface area contributed by atoms with Crippen molar-refractivity contribution in [2.45, 2.75) is 25.9 Å². The minimum Gasteiger partial charge on any atom is -0.484 e. The predicted octanol–water partition coefficient (Wildman–Crippen LogP) is 2.09. The zero-order chi connectivity index (χ0) is 20.3. The van der Waals surface area contributed by atoms with Crippen LogP contribution in [0.3, 0.4) is 0 Å². The predicted molar refractivity (Wildman–Crippen MR) is 99.6 cm³/mol. The second kappa shape index (κ2) is 8.01. The molecular weight excluding hydrogens is 388 g/mol. The fraction of sp³-hybridized carbons (Fsp3) is 0.389. The summed E-state index contributed by atoms with van der Waals surface area (Å²) in [7, 11) is -3.17. The van der Waals surface area contributed by atoms with Crippen LogP contribution in [-0.4, -0.2) is 48.3 Å². The topological polar surface area (TPSA) is 120 Å². The van der Waals surface area contributed by atoms with Crippen LogP contribution in [0.25, 0.3) is 0 Å². The molecule has 1 atom stereocenters. The van der Waals surface area contributed by atoms with E-state index >= 15 is 0 Å². The number of aryl methyl sites for hydroxylation is 1. The van der Waals surface area contributed by atoms with Gasteiger partial charge in [0.25, 0.3) is 11.6 Å². The molecule has 1 fully saturated rings. The fourth-order valence-electron chi connectivity index (χ4n) is 3.07. The molecule has 9 nitrogen and oxygen atoms in total. The van der Waals surface area contributed by atoms with Crippen LogP contribution in [0, 0.1) is 17.0 Å². The maximum atomic E-state index is 12.8. The van der Waals surface area contributed by atoms with Crippen LogP contribution in [0.15, 0.2) is 40.8 Å². The lowest BCUT2D eigenvalue weighted by atomic mass is 10.2. The number of carbonyl (C=O) groups excluding carboxylic acids is 1. The second-order valence-corrected chi connectivity index (χ2v) is 8.86. The average Bonchev–Trinajstić information content (AvgIpc) is 3.22. The highest BCUT2D eigenvalue weighted by molar-refractivity contribution is 7.91. The van der Waals surface area contributed by atoms with Crippen LogP contribution in [-0.2, 0) is 21.2 Å². The molecule has 28 heavy (non-hydrogen) atoms. The van der Waals surface area contributed by atoms with E-state index in [1.165, 1.54) is 29.2 Å². The molecule has 0 spiro atoms. The van der Waals surface area contributed by atoms with Crippen LogP contribution in [0.2, 0.25) is 0 Å². The average molecular weight is 408 g/mol. The number of hydrogen-bond acceptors (Lipinski definition) is 7. The normalized spacial score (nSPS) is 18.0. The third kappa shape index (κ3) is 4.89. The Morgan fingerprint density at radius 3 is 2.54 bits per heavy atom. The minimum atomic E-state index is -3.17. The number of nitro benzene ring substituents is 1. The highest BCUT2D eigenvalue weighted by Crippen LogP contribution is 2.22. The molecule has 3 rings (SSSR count). The molecule has 2 aromatic rings. The summed E-state index contributed by atoms with van der Waals surface area (Å²) in [5.41, 5.74) is -0.0790. The van der Waals surface area contributed by atoms with Gasteiger partial charge in [-0.15, -0.1) is 0 Å². The van der Waals surface area contributed by atoms with Crippen LogP contribution >= 0.6 is 0 Å². The maximum absolute atomic E-state index is 12.8. The minimum absolute atomic E-state index is 0.0435. The van der Waals surface area contributed by atoms with E-state index in [1.54, 1.807) is 19.1 Å². The number of amides is 1. The Bertz CT molecular complexity index is 966. The Hall–Kier alpha value is -2.88. The molecule has 2 heterocycles. The molecule has 1 aliphatic rings. The molecule has 0 saturated carbocycles. The number of rotatable bonds is 7. The number of benzene rings is 1. The van der Waals surface area contributed by atoms with Gasteiger partial charge in [-0.25, -0.2) is 8.42 Å². The van der Waals surface area contributed by atoms with Gasteiger partial charge in [-0.3, -0.25) is 14.9 Å². The lowest BCUT2D eigenvalue weighted by Gasteiger charge is -2.27. The highest BCUT2D eigenvalue weighted by Gasteiger charge is 2.35. The van der Waals surface area contributed by atoms with Crippen LogP contribution < -0.4 is 4.74 Å². The van der Waals surface area contributed by atoms with E-state index < -0.39 is 20.8 Å². The number of carbonyl (C=O) groups is 1. The van der Waals surface area contributed by atoms with Crippen LogP contribution in [0.1, 0.15) is 17.9 Å². The molecule has 1 amide bonds.